The Labute approximate surface area is 91.4 Å². The first kappa shape index (κ1) is 9.10. The van der Waals surface area contributed by atoms with Gasteiger partial charge < -0.3 is 0 Å². The third kappa shape index (κ3) is 1.47. The summed E-state index contributed by atoms with van der Waals surface area (Å²) in [7, 11) is 0. The van der Waals surface area contributed by atoms with Gasteiger partial charge in [0.05, 0.1) is 0 Å². The van der Waals surface area contributed by atoms with Crippen molar-refractivity contribution in [2.75, 3.05) is 0 Å². The van der Waals surface area contributed by atoms with Crippen molar-refractivity contribution in [2.24, 2.45) is 17.8 Å². The minimum atomic E-state index is -0.103. The Balaban J connectivity index is 1.69. The lowest BCUT2D eigenvalue weighted by Crippen LogP contribution is -2.50. The summed E-state index contributed by atoms with van der Waals surface area (Å²) in [6.45, 7) is 0. The van der Waals surface area contributed by atoms with Gasteiger partial charge in [-0.2, -0.15) is 0 Å². The molecule has 1 heteroatoms. The largest absolute Gasteiger partial charge is 0.108 e. The minimum absolute atomic E-state index is 0.103. The van der Waals surface area contributed by atoms with Crippen molar-refractivity contribution in [3.8, 4) is 11.8 Å². The van der Waals surface area contributed by atoms with E-state index in [9.17, 15) is 0 Å². The average molecular weight is 209 g/mol. The molecule has 0 aliphatic heterocycles. The van der Waals surface area contributed by atoms with Crippen molar-refractivity contribution < 1.29 is 0 Å². The minimum Gasteiger partial charge on any atom is -0.105 e. The lowest BCUT2D eigenvalue weighted by molar-refractivity contribution is 0.0858. The molecular formula is C13H17Cl. The number of fused-ring (bicyclic) bond motifs is 1. The maximum Gasteiger partial charge on any atom is 0.108 e. The average Bonchev–Trinajstić information content (AvgIpc) is 2.97. The van der Waals surface area contributed by atoms with E-state index in [1.54, 1.807) is 0 Å². The van der Waals surface area contributed by atoms with Gasteiger partial charge in [-0.05, 0) is 43.9 Å². The van der Waals surface area contributed by atoms with Crippen molar-refractivity contribution in [1.82, 2.24) is 0 Å². The lowest BCUT2D eigenvalue weighted by Gasteiger charge is -2.51. The summed E-state index contributed by atoms with van der Waals surface area (Å²) in [5.74, 6) is 9.06. The quantitative estimate of drug-likeness (QED) is 0.422. The third-order valence-electron chi connectivity index (χ3n) is 4.12. The van der Waals surface area contributed by atoms with E-state index in [1.807, 2.05) is 0 Å². The number of hydrogen-bond donors (Lipinski definition) is 0. The van der Waals surface area contributed by atoms with Gasteiger partial charge in [0.15, 0.2) is 0 Å². The highest BCUT2D eigenvalue weighted by Gasteiger charge is 2.52. The second-order valence-corrected chi connectivity index (χ2v) is 5.94. The second-order valence-electron chi connectivity index (χ2n) is 5.26. The summed E-state index contributed by atoms with van der Waals surface area (Å²) in [6, 6.07) is 0. The van der Waals surface area contributed by atoms with Crippen molar-refractivity contribution in [2.45, 2.75) is 49.8 Å². The molecule has 0 N–H and O–H groups in total. The molecule has 0 nitrogen and oxygen atoms in total. The van der Waals surface area contributed by atoms with E-state index in [2.05, 4.69) is 11.8 Å². The molecule has 3 saturated carbocycles. The van der Waals surface area contributed by atoms with Crippen LogP contribution in [0.4, 0.5) is 0 Å². The monoisotopic (exact) mass is 208 g/mol. The zero-order chi connectivity index (χ0) is 9.60. The molecule has 14 heavy (non-hydrogen) atoms. The van der Waals surface area contributed by atoms with Gasteiger partial charge in [-0.1, -0.05) is 24.7 Å². The van der Waals surface area contributed by atoms with E-state index in [0.29, 0.717) is 5.92 Å². The summed E-state index contributed by atoms with van der Waals surface area (Å²) in [6.07, 6.45) is 9.32. The predicted molar refractivity (Wildman–Crippen MR) is 59.1 cm³/mol. The van der Waals surface area contributed by atoms with E-state index in [1.165, 1.54) is 44.9 Å². The molecule has 0 aromatic heterocycles. The molecule has 0 heterocycles. The molecule has 0 saturated heterocycles. The summed E-state index contributed by atoms with van der Waals surface area (Å²) < 4.78 is 0. The van der Waals surface area contributed by atoms with Crippen molar-refractivity contribution in [1.29, 1.82) is 0 Å². The van der Waals surface area contributed by atoms with Crippen LogP contribution in [0.25, 0.3) is 0 Å². The van der Waals surface area contributed by atoms with Gasteiger partial charge in [-0.15, -0.1) is 11.6 Å². The summed E-state index contributed by atoms with van der Waals surface area (Å²) >= 11 is 6.58. The van der Waals surface area contributed by atoms with Gasteiger partial charge in [-0.25, -0.2) is 0 Å². The summed E-state index contributed by atoms with van der Waals surface area (Å²) in [5, 5.41) is 0. The Morgan fingerprint density at radius 3 is 2.57 bits per heavy atom. The van der Waals surface area contributed by atoms with E-state index < -0.39 is 0 Å². The molecule has 76 valence electrons. The normalized spacial score (nSPS) is 45.8. The fourth-order valence-electron chi connectivity index (χ4n) is 3.02. The molecule has 0 radical (unpaired) electrons. The van der Waals surface area contributed by atoms with Crippen LogP contribution in [0.5, 0.6) is 0 Å². The zero-order valence-electron chi connectivity index (χ0n) is 8.56. The van der Waals surface area contributed by atoms with Crippen LogP contribution in [0, 0.1) is 29.6 Å². The highest BCUT2D eigenvalue weighted by Crippen LogP contribution is 2.55. The number of alkyl halides is 1. The summed E-state index contributed by atoms with van der Waals surface area (Å²) in [5.41, 5.74) is 0. The Morgan fingerprint density at radius 1 is 1.07 bits per heavy atom. The summed E-state index contributed by atoms with van der Waals surface area (Å²) in [4.78, 5) is -0.103. The molecule has 3 rings (SSSR count). The molecule has 3 atom stereocenters. The second kappa shape index (κ2) is 3.17. The van der Waals surface area contributed by atoms with Crippen LogP contribution >= 0.6 is 11.6 Å². The maximum absolute atomic E-state index is 6.58. The van der Waals surface area contributed by atoms with E-state index in [0.717, 1.165) is 11.8 Å². The molecular weight excluding hydrogens is 192 g/mol. The zero-order valence-corrected chi connectivity index (χ0v) is 9.32. The molecule has 0 aromatic carbocycles. The van der Waals surface area contributed by atoms with Crippen LogP contribution in [0.2, 0.25) is 0 Å². The highest BCUT2D eigenvalue weighted by molar-refractivity contribution is 6.27. The van der Waals surface area contributed by atoms with Gasteiger partial charge in [0.1, 0.15) is 4.87 Å². The molecule has 3 aliphatic rings. The van der Waals surface area contributed by atoms with E-state index >= 15 is 0 Å². The van der Waals surface area contributed by atoms with E-state index in [4.69, 9.17) is 11.6 Å². The van der Waals surface area contributed by atoms with Crippen LogP contribution in [0.3, 0.4) is 0 Å². The fraction of sp³-hybridized carbons (Fsp3) is 0.846. The van der Waals surface area contributed by atoms with Gasteiger partial charge >= 0.3 is 0 Å². The van der Waals surface area contributed by atoms with Crippen molar-refractivity contribution in [3.63, 3.8) is 0 Å². The Kier molecular flexibility index (Phi) is 2.06. The topological polar surface area (TPSA) is 0 Å². The third-order valence-corrected chi connectivity index (χ3v) is 4.65. The maximum atomic E-state index is 6.58. The molecule has 0 spiro atoms. The number of rotatable bonds is 0. The van der Waals surface area contributed by atoms with Crippen LogP contribution in [0.15, 0.2) is 0 Å². The van der Waals surface area contributed by atoms with Crippen LogP contribution in [0.1, 0.15) is 44.9 Å². The Bertz CT molecular complexity index is 294. The van der Waals surface area contributed by atoms with Crippen molar-refractivity contribution in [3.05, 3.63) is 0 Å². The molecule has 0 aromatic rings. The number of hydrogen-bond acceptors (Lipinski definition) is 0. The molecule has 0 unspecified atom stereocenters. The Morgan fingerprint density at radius 2 is 1.86 bits per heavy atom. The van der Waals surface area contributed by atoms with Gasteiger partial charge in [0.25, 0.3) is 0 Å². The van der Waals surface area contributed by atoms with E-state index in [-0.39, 0.29) is 4.87 Å². The first-order valence-corrected chi connectivity index (χ1v) is 6.37. The van der Waals surface area contributed by atoms with Crippen LogP contribution in [-0.4, -0.2) is 4.87 Å². The van der Waals surface area contributed by atoms with Gasteiger partial charge in [0.2, 0.25) is 0 Å². The first-order chi connectivity index (χ1) is 6.78. The predicted octanol–water partition coefficient (Wildman–Crippen LogP) is 3.59. The molecule has 0 bridgehead atoms. The molecule has 3 fully saturated rings. The van der Waals surface area contributed by atoms with Gasteiger partial charge in [0, 0.05) is 5.92 Å². The van der Waals surface area contributed by atoms with Crippen molar-refractivity contribution >= 4 is 11.6 Å². The first-order valence-electron chi connectivity index (χ1n) is 5.99. The fourth-order valence-corrected chi connectivity index (χ4v) is 3.56. The standard InChI is InChI=1S/C13H17Cl/c14-13(8-7-10-5-6-10)9-11-3-1-2-4-12(11)13/h10-12H,1-6,9H2/t11-,12+,13+/m0/s1. The van der Waals surface area contributed by atoms with Gasteiger partial charge in [-0.3, -0.25) is 0 Å². The smallest absolute Gasteiger partial charge is 0.105 e. The highest BCUT2D eigenvalue weighted by atomic mass is 35.5. The van der Waals surface area contributed by atoms with Crippen LogP contribution in [-0.2, 0) is 0 Å². The van der Waals surface area contributed by atoms with Crippen LogP contribution < -0.4 is 0 Å². The molecule has 3 aliphatic carbocycles. The lowest BCUT2D eigenvalue weighted by atomic mass is 9.58. The number of halogens is 1. The molecule has 0 amide bonds. The Hall–Kier alpha value is -0.150. The SMILES string of the molecule is Cl[C@]1(C#CC2CC2)C[C@@H]2CCCC[C@H]21.